The van der Waals surface area contributed by atoms with E-state index in [0.717, 1.165) is 23.0 Å². The normalized spacial score (nSPS) is 15.2. The number of aromatic carboxylic acids is 1. The minimum atomic E-state index is -0.997. The van der Waals surface area contributed by atoms with Crippen LogP contribution in [0.15, 0.2) is 71.8 Å². The second kappa shape index (κ2) is 8.22. The third-order valence-corrected chi connectivity index (χ3v) is 5.74. The molecule has 4 rings (SSSR count). The molecule has 6 nitrogen and oxygen atoms in total. The van der Waals surface area contributed by atoms with Gasteiger partial charge >= 0.3 is 5.97 Å². The number of hydrogen-bond donors (Lipinski definition) is 1. The van der Waals surface area contributed by atoms with Gasteiger partial charge in [-0.1, -0.05) is 23.7 Å². The summed E-state index contributed by atoms with van der Waals surface area (Å²) in [5, 5.41) is 9.31. The zero-order chi connectivity index (χ0) is 21.3. The van der Waals surface area contributed by atoms with E-state index in [0.29, 0.717) is 15.6 Å². The van der Waals surface area contributed by atoms with Crippen molar-refractivity contribution in [3.8, 4) is 5.69 Å². The van der Waals surface area contributed by atoms with Crippen LogP contribution in [-0.4, -0.2) is 31.7 Å². The first-order valence-electron chi connectivity index (χ1n) is 8.93. The zero-order valence-corrected chi connectivity index (χ0v) is 17.1. The van der Waals surface area contributed by atoms with Crippen molar-refractivity contribution in [2.45, 2.75) is 6.54 Å². The van der Waals surface area contributed by atoms with Crippen molar-refractivity contribution in [3.05, 3.63) is 93.6 Å². The van der Waals surface area contributed by atoms with Crippen molar-refractivity contribution in [1.29, 1.82) is 0 Å². The first-order valence-corrected chi connectivity index (χ1v) is 10.1. The highest BCUT2D eigenvalue weighted by Gasteiger charge is 2.35. The zero-order valence-electron chi connectivity index (χ0n) is 15.5. The maximum Gasteiger partial charge on any atom is 0.335 e. The molecule has 0 bridgehead atoms. The SMILES string of the molecule is O=C(O)c1ccc(-n2cccc2/C=C2\SC(=O)N(Cc3ccc(Cl)cc3)C2=O)cc1. The lowest BCUT2D eigenvalue weighted by atomic mass is 10.2. The van der Waals surface area contributed by atoms with Gasteiger partial charge in [0.1, 0.15) is 0 Å². The number of hydrogen-bond acceptors (Lipinski definition) is 4. The van der Waals surface area contributed by atoms with E-state index < -0.39 is 5.97 Å². The molecule has 3 aromatic rings. The van der Waals surface area contributed by atoms with Crippen molar-refractivity contribution in [3.63, 3.8) is 0 Å². The summed E-state index contributed by atoms with van der Waals surface area (Å²) >= 11 is 6.78. The van der Waals surface area contributed by atoms with Gasteiger partial charge in [0.05, 0.1) is 17.0 Å². The number of thioether (sulfide) groups is 1. The van der Waals surface area contributed by atoms with Crippen LogP contribution in [0, 0.1) is 0 Å². The Balaban J connectivity index is 1.58. The Bertz CT molecular complexity index is 1170. The molecule has 0 aliphatic carbocycles. The van der Waals surface area contributed by atoms with Crippen molar-refractivity contribution >= 4 is 46.6 Å². The number of carboxylic acids is 1. The number of carbonyl (C=O) groups is 3. The number of aromatic nitrogens is 1. The topological polar surface area (TPSA) is 79.6 Å². The molecule has 0 radical (unpaired) electrons. The van der Waals surface area contributed by atoms with Gasteiger partial charge in [0, 0.05) is 22.6 Å². The molecule has 1 aliphatic heterocycles. The van der Waals surface area contributed by atoms with Crippen LogP contribution in [0.5, 0.6) is 0 Å². The fourth-order valence-corrected chi connectivity index (χ4v) is 4.00. The molecular weight excluding hydrogens is 424 g/mol. The maximum atomic E-state index is 12.8. The molecule has 0 unspecified atom stereocenters. The summed E-state index contributed by atoms with van der Waals surface area (Å²) in [6.07, 6.45) is 3.47. The molecule has 0 spiro atoms. The molecule has 2 amide bonds. The lowest BCUT2D eigenvalue weighted by Crippen LogP contribution is -2.27. The third kappa shape index (κ3) is 4.03. The molecule has 2 heterocycles. The second-order valence-corrected chi connectivity index (χ2v) is 7.98. The van der Waals surface area contributed by atoms with Crippen LogP contribution in [0.3, 0.4) is 0 Å². The molecular formula is C22H15ClN2O4S. The lowest BCUT2D eigenvalue weighted by molar-refractivity contribution is -0.123. The summed E-state index contributed by atoms with van der Waals surface area (Å²) < 4.78 is 1.82. The number of halogens is 1. The molecule has 1 aliphatic rings. The molecule has 1 aromatic heterocycles. The Kier molecular flexibility index (Phi) is 5.48. The fourth-order valence-electron chi connectivity index (χ4n) is 3.05. The molecule has 0 saturated carbocycles. The van der Waals surface area contributed by atoms with E-state index in [1.54, 1.807) is 48.7 Å². The van der Waals surface area contributed by atoms with E-state index in [1.165, 1.54) is 17.0 Å². The van der Waals surface area contributed by atoms with E-state index in [2.05, 4.69) is 0 Å². The first-order chi connectivity index (χ1) is 14.4. The second-order valence-electron chi connectivity index (χ2n) is 6.55. The Morgan fingerprint density at radius 3 is 2.40 bits per heavy atom. The van der Waals surface area contributed by atoms with Crippen LogP contribution < -0.4 is 0 Å². The van der Waals surface area contributed by atoms with Crippen LogP contribution in [0.25, 0.3) is 11.8 Å². The minimum absolute atomic E-state index is 0.177. The molecule has 8 heteroatoms. The maximum absolute atomic E-state index is 12.8. The van der Waals surface area contributed by atoms with Crippen LogP contribution in [0.2, 0.25) is 5.02 Å². The van der Waals surface area contributed by atoms with Gasteiger partial charge in [-0.05, 0) is 71.9 Å². The van der Waals surface area contributed by atoms with Crippen LogP contribution in [0.1, 0.15) is 21.6 Å². The number of nitrogens with zero attached hydrogens (tertiary/aromatic N) is 2. The molecule has 1 N–H and O–H groups in total. The minimum Gasteiger partial charge on any atom is -0.478 e. The Morgan fingerprint density at radius 1 is 1.03 bits per heavy atom. The van der Waals surface area contributed by atoms with Crippen molar-refractivity contribution < 1.29 is 19.5 Å². The van der Waals surface area contributed by atoms with E-state index in [1.807, 2.05) is 16.7 Å². The number of rotatable bonds is 5. The predicted molar refractivity (Wildman–Crippen MR) is 116 cm³/mol. The Hall–Kier alpha value is -3.29. The number of carbonyl (C=O) groups excluding carboxylic acids is 2. The molecule has 0 atom stereocenters. The molecule has 150 valence electrons. The van der Waals surface area contributed by atoms with Gasteiger partial charge in [-0.25, -0.2) is 4.79 Å². The summed E-state index contributed by atoms with van der Waals surface area (Å²) in [5.74, 6) is -1.35. The molecule has 2 aromatic carbocycles. The van der Waals surface area contributed by atoms with Gasteiger partial charge in [0.25, 0.3) is 11.1 Å². The summed E-state index contributed by atoms with van der Waals surface area (Å²) in [6.45, 7) is 0.177. The quantitative estimate of drug-likeness (QED) is 0.563. The van der Waals surface area contributed by atoms with Gasteiger partial charge in [-0.3, -0.25) is 14.5 Å². The van der Waals surface area contributed by atoms with Gasteiger partial charge < -0.3 is 9.67 Å². The standard InChI is InChI=1S/C22H15ClN2O4S/c23-16-7-3-14(4-8-16)13-25-20(26)19(30-22(25)29)12-18-2-1-11-24(18)17-9-5-15(6-10-17)21(27)28/h1-12H,13H2,(H,27,28)/b19-12-. The fraction of sp³-hybridized carbons (Fsp3) is 0.0455. The van der Waals surface area contributed by atoms with E-state index >= 15 is 0 Å². The third-order valence-electron chi connectivity index (χ3n) is 4.58. The number of amides is 2. The Morgan fingerprint density at radius 2 is 1.73 bits per heavy atom. The van der Waals surface area contributed by atoms with Crippen molar-refractivity contribution in [2.75, 3.05) is 0 Å². The van der Waals surface area contributed by atoms with E-state index in [-0.39, 0.29) is 23.3 Å². The summed E-state index contributed by atoms with van der Waals surface area (Å²) in [5.41, 5.74) is 2.45. The summed E-state index contributed by atoms with van der Waals surface area (Å²) in [7, 11) is 0. The number of imide groups is 1. The molecule has 1 saturated heterocycles. The average molecular weight is 439 g/mol. The molecule has 30 heavy (non-hydrogen) atoms. The van der Waals surface area contributed by atoms with Crippen molar-refractivity contribution in [1.82, 2.24) is 9.47 Å². The smallest absolute Gasteiger partial charge is 0.335 e. The molecule has 1 fully saturated rings. The van der Waals surface area contributed by atoms with Crippen LogP contribution in [-0.2, 0) is 11.3 Å². The van der Waals surface area contributed by atoms with Crippen LogP contribution in [0.4, 0.5) is 4.79 Å². The van der Waals surface area contributed by atoms with E-state index in [4.69, 9.17) is 16.7 Å². The number of carboxylic acid groups (broad SMARTS) is 1. The van der Waals surface area contributed by atoms with Crippen molar-refractivity contribution in [2.24, 2.45) is 0 Å². The van der Waals surface area contributed by atoms with Gasteiger partial charge in [0.15, 0.2) is 0 Å². The lowest BCUT2D eigenvalue weighted by Gasteiger charge is -2.12. The van der Waals surface area contributed by atoms with Gasteiger partial charge in [-0.15, -0.1) is 0 Å². The Labute approximate surface area is 181 Å². The number of benzene rings is 2. The van der Waals surface area contributed by atoms with E-state index in [9.17, 15) is 14.4 Å². The first kappa shape index (κ1) is 20.0. The predicted octanol–water partition coefficient (Wildman–Crippen LogP) is 5.07. The summed E-state index contributed by atoms with van der Waals surface area (Å²) in [4.78, 5) is 37.8. The highest BCUT2D eigenvalue weighted by Crippen LogP contribution is 2.33. The summed E-state index contributed by atoms with van der Waals surface area (Å²) in [6, 6.07) is 17.0. The highest BCUT2D eigenvalue weighted by atomic mass is 35.5. The largest absolute Gasteiger partial charge is 0.478 e. The van der Waals surface area contributed by atoms with Crippen LogP contribution >= 0.6 is 23.4 Å². The average Bonchev–Trinajstić information content (AvgIpc) is 3.30. The monoisotopic (exact) mass is 438 g/mol. The highest BCUT2D eigenvalue weighted by molar-refractivity contribution is 8.18. The van der Waals surface area contributed by atoms with Gasteiger partial charge in [0.2, 0.25) is 0 Å². The van der Waals surface area contributed by atoms with Gasteiger partial charge in [-0.2, -0.15) is 0 Å².